The second kappa shape index (κ2) is 9.03. The number of piperazine rings is 1. The fraction of sp³-hybridized carbons (Fsp3) is 0.400. The molecule has 28 heavy (non-hydrogen) atoms. The molecule has 1 saturated heterocycles. The van der Waals surface area contributed by atoms with Crippen LogP contribution in [0.25, 0.3) is 0 Å². The van der Waals surface area contributed by atoms with Gasteiger partial charge in [-0.05, 0) is 44.2 Å². The first-order valence-electron chi connectivity index (χ1n) is 9.36. The molecule has 1 fully saturated rings. The quantitative estimate of drug-likeness (QED) is 0.679. The largest absolute Gasteiger partial charge is 0.494 e. The number of nitrogens with zero attached hydrogens (tertiary/aromatic N) is 2. The first-order valence-corrected chi connectivity index (χ1v) is 11.2. The topological polar surface area (TPSA) is 59.1 Å². The summed E-state index contributed by atoms with van der Waals surface area (Å²) in [6, 6.07) is 12.5. The fourth-order valence-corrected chi connectivity index (χ4v) is 4.97. The van der Waals surface area contributed by atoms with Crippen LogP contribution >= 0.6 is 11.6 Å². The molecule has 0 unspecified atom stereocenters. The summed E-state index contributed by atoms with van der Waals surface area (Å²) >= 11 is 6.07. The van der Waals surface area contributed by atoms with E-state index in [4.69, 9.17) is 21.1 Å². The number of hydrogen-bond donors (Lipinski definition) is 0. The van der Waals surface area contributed by atoms with Crippen molar-refractivity contribution in [3.63, 3.8) is 0 Å². The maximum atomic E-state index is 13.3. The predicted molar refractivity (Wildman–Crippen MR) is 111 cm³/mol. The Kier molecular flexibility index (Phi) is 6.69. The molecule has 6 nitrogen and oxygen atoms in total. The van der Waals surface area contributed by atoms with Crippen molar-refractivity contribution in [2.24, 2.45) is 0 Å². The van der Waals surface area contributed by atoms with Crippen LogP contribution in [0, 0.1) is 0 Å². The van der Waals surface area contributed by atoms with E-state index in [2.05, 4.69) is 4.90 Å². The lowest BCUT2D eigenvalue weighted by atomic mass is 10.2. The standard InChI is InChI=1S/C20H25ClN2O4S/c1-3-26-18-8-9-19(27-4-2)20(15-18)28(24,25)23-12-10-22(11-13-23)17-7-5-6-16(21)14-17/h5-9,14-15H,3-4,10-13H2,1-2H3. The molecule has 2 aromatic carbocycles. The summed E-state index contributed by atoms with van der Waals surface area (Å²) in [4.78, 5) is 2.29. The molecule has 152 valence electrons. The van der Waals surface area contributed by atoms with E-state index in [0.717, 1.165) is 5.69 Å². The molecule has 2 aromatic rings. The van der Waals surface area contributed by atoms with Crippen LogP contribution < -0.4 is 14.4 Å². The van der Waals surface area contributed by atoms with Gasteiger partial charge in [-0.25, -0.2) is 8.42 Å². The zero-order valence-corrected chi connectivity index (χ0v) is 17.7. The molecule has 0 radical (unpaired) electrons. The van der Waals surface area contributed by atoms with Gasteiger partial charge in [0.2, 0.25) is 10.0 Å². The second-order valence-corrected chi connectivity index (χ2v) is 8.69. The lowest BCUT2D eigenvalue weighted by molar-refractivity contribution is 0.319. The minimum Gasteiger partial charge on any atom is -0.494 e. The molecule has 1 aliphatic heterocycles. The van der Waals surface area contributed by atoms with Gasteiger partial charge in [-0.15, -0.1) is 0 Å². The van der Waals surface area contributed by atoms with Crippen molar-refractivity contribution in [1.29, 1.82) is 0 Å². The Balaban J connectivity index is 1.81. The van der Waals surface area contributed by atoms with Crippen molar-refractivity contribution in [2.45, 2.75) is 18.7 Å². The summed E-state index contributed by atoms with van der Waals surface area (Å²) in [7, 11) is -3.69. The zero-order valence-electron chi connectivity index (χ0n) is 16.1. The first kappa shape index (κ1) is 20.8. The van der Waals surface area contributed by atoms with E-state index in [1.54, 1.807) is 18.2 Å². The Hall–Kier alpha value is -1.96. The highest BCUT2D eigenvalue weighted by molar-refractivity contribution is 7.89. The molecule has 0 aromatic heterocycles. The number of anilines is 1. The monoisotopic (exact) mass is 424 g/mol. The van der Waals surface area contributed by atoms with E-state index in [9.17, 15) is 8.42 Å². The van der Waals surface area contributed by atoms with Crippen molar-refractivity contribution in [2.75, 3.05) is 44.3 Å². The van der Waals surface area contributed by atoms with Crippen molar-refractivity contribution in [3.05, 3.63) is 47.5 Å². The van der Waals surface area contributed by atoms with Crippen LogP contribution in [-0.4, -0.2) is 52.1 Å². The van der Waals surface area contributed by atoms with Gasteiger partial charge in [0.15, 0.2) is 0 Å². The van der Waals surface area contributed by atoms with Gasteiger partial charge in [0.1, 0.15) is 16.4 Å². The number of ether oxygens (including phenoxy) is 2. The zero-order chi connectivity index (χ0) is 20.1. The Morgan fingerprint density at radius 3 is 2.32 bits per heavy atom. The molecule has 0 spiro atoms. The second-order valence-electron chi connectivity index (χ2n) is 6.35. The van der Waals surface area contributed by atoms with Crippen LogP contribution in [0.2, 0.25) is 5.02 Å². The van der Waals surface area contributed by atoms with Crippen LogP contribution in [0.15, 0.2) is 47.4 Å². The average molecular weight is 425 g/mol. The highest BCUT2D eigenvalue weighted by Gasteiger charge is 2.31. The molecular formula is C20H25ClN2O4S. The normalized spacial score (nSPS) is 15.5. The Morgan fingerprint density at radius 1 is 0.964 bits per heavy atom. The first-order chi connectivity index (χ1) is 13.5. The number of rotatable bonds is 7. The SMILES string of the molecule is CCOc1ccc(OCC)c(S(=O)(=O)N2CCN(c3cccc(Cl)c3)CC2)c1. The van der Waals surface area contributed by atoms with Crippen molar-refractivity contribution in [1.82, 2.24) is 4.31 Å². The molecule has 1 aliphatic rings. The lowest BCUT2D eigenvalue weighted by Gasteiger charge is -2.35. The lowest BCUT2D eigenvalue weighted by Crippen LogP contribution is -2.48. The van der Waals surface area contributed by atoms with Gasteiger partial charge in [-0.3, -0.25) is 0 Å². The third kappa shape index (κ3) is 4.54. The molecule has 8 heteroatoms. The summed E-state index contributed by atoms with van der Waals surface area (Å²) in [5.74, 6) is 0.866. The van der Waals surface area contributed by atoms with E-state index in [0.29, 0.717) is 55.9 Å². The molecular weight excluding hydrogens is 400 g/mol. The maximum absolute atomic E-state index is 13.3. The summed E-state index contributed by atoms with van der Waals surface area (Å²) in [6.45, 7) is 6.50. The maximum Gasteiger partial charge on any atom is 0.247 e. The van der Waals surface area contributed by atoms with Gasteiger partial charge in [-0.1, -0.05) is 17.7 Å². The summed E-state index contributed by atoms with van der Waals surface area (Å²) in [6.07, 6.45) is 0. The highest BCUT2D eigenvalue weighted by Crippen LogP contribution is 2.32. The minimum atomic E-state index is -3.69. The number of halogens is 1. The third-order valence-corrected chi connectivity index (χ3v) is 6.71. The molecule has 1 heterocycles. The molecule has 3 rings (SSSR count). The van der Waals surface area contributed by atoms with Crippen molar-refractivity contribution in [3.8, 4) is 11.5 Å². The average Bonchev–Trinajstić information content (AvgIpc) is 2.69. The smallest absolute Gasteiger partial charge is 0.247 e. The fourth-order valence-electron chi connectivity index (χ4n) is 3.22. The number of hydrogen-bond acceptors (Lipinski definition) is 5. The Bertz CT molecular complexity index is 912. The summed E-state index contributed by atoms with van der Waals surface area (Å²) < 4.78 is 39.1. The third-order valence-electron chi connectivity index (χ3n) is 4.56. The number of benzene rings is 2. The molecule has 0 atom stereocenters. The van der Waals surface area contributed by atoms with E-state index in [-0.39, 0.29) is 4.90 Å². The molecule has 0 aliphatic carbocycles. The molecule has 0 bridgehead atoms. The number of sulfonamides is 1. The van der Waals surface area contributed by atoms with Crippen molar-refractivity contribution < 1.29 is 17.9 Å². The van der Waals surface area contributed by atoms with E-state index < -0.39 is 10.0 Å². The van der Waals surface area contributed by atoms with Gasteiger partial charge in [-0.2, -0.15) is 4.31 Å². The highest BCUT2D eigenvalue weighted by atomic mass is 35.5. The van der Waals surface area contributed by atoms with Crippen LogP contribution in [0.3, 0.4) is 0 Å². The van der Waals surface area contributed by atoms with Gasteiger partial charge in [0.25, 0.3) is 0 Å². The van der Waals surface area contributed by atoms with Crippen LogP contribution in [0.4, 0.5) is 5.69 Å². The van der Waals surface area contributed by atoms with E-state index >= 15 is 0 Å². The molecule has 0 N–H and O–H groups in total. The summed E-state index contributed by atoms with van der Waals surface area (Å²) in [5.41, 5.74) is 0.998. The molecule has 0 amide bonds. The summed E-state index contributed by atoms with van der Waals surface area (Å²) in [5, 5.41) is 0.668. The van der Waals surface area contributed by atoms with Gasteiger partial charge in [0.05, 0.1) is 13.2 Å². The molecule has 0 saturated carbocycles. The van der Waals surface area contributed by atoms with Gasteiger partial charge < -0.3 is 14.4 Å². The van der Waals surface area contributed by atoms with Gasteiger partial charge in [0, 0.05) is 43.0 Å². The van der Waals surface area contributed by atoms with Gasteiger partial charge >= 0.3 is 0 Å². The Morgan fingerprint density at radius 2 is 1.68 bits per heavy atom. The van der Waals surface area contributed by atoms with E-state index in [1.807, 2.05) is 38.1 Å². The van der Waals surface area contributed by atoms with E-state index in [1.165, 1.54) is 4.31 Å². The minimum absolute atomic E-state index is 0.150. The Labute approximate surface area is 171 Å². The van der Waals surface area contributed by atoms with Crippen LogP contribution in [0.1, 0.15) is 13.8 Å². The van der Waals surface area contributed by atoms with Crippen LogP contribution in [0.5, 0.6) is 11.5 Å². The predicted octanol–water partition coefficient (Wildman–Crippen LogP) is 3.65. The van der Waals surface area contributed by atoms with Crippen LogP contribution in [-0.2, 0) is 10.0 Å². The van der Waals surface area contributed by atoms with Crippen molar-refractivity contribution >= 4 is 27.3 Å².